The number of nitriles is 1. The maximum absolute atomic E-state index is 13.8. The molecule has 1 aliphatic carbocycles. The normalized spacial score (nSPS) is 24.1. The number of carbonyl (C=O) groups excluding carboxylic acids is 1. The third-order valence-corrected chi connectivity index (χ3v) is 6.38. The summed E-state index contributed by atoms with van der Waals surface area (Å²) >= 11 is 5.73. The van der Waals surface area contributed by atoms with Crippen LogP contribution in [-0.2, 0) is 0 Å². The molecular weight excluding hydrogens is 407 g/mol. The molecule has 1 saturated heterocycles. The van der Waals surface area contributed by atoms with E-state index in [4.69, 9.17) is 17.3 Å². The van der Waals surface area contributed by atoms with Crippen molar-refractivity contribution in [3.05, 3.63) is 40.8 Å². The number of primary amides is 1. The molecule has 0 bridgehead atoms. The van der Waals surface area contributed by atoms with Gasteiger partial charge in [-0.3, -0.25) is 9.48 Å². The first kappa shape index (κ1) is 20.6. The highest BCUT2D eigenvalue weighted by Gasteiger charge is 2.34. The van der Waals surface area contributed by atoms with Gasteiger partial charge in [-0.15, -0.1) is 0 Å². The molecule has 3 N–H and O–H groups in total. The monoisotopic (exact) mass is 430 g/mol. The van der Waals surface area contributed by atoms with Crippen LogP contribution in [0.3, 0.4) is 0 Å². The van der Waals surface area contributed by atoms with Gasteiger partial charge in [-0.2, -0.15) is 10.4 Å². The van der Waals surface area contributed by atoms with Crippen molar-refractivity contribution in [3.63, 3.8) is 0 Å². The Morgan fingerprint density at radius 1 is 1.40 bits per heavy atom. The quantitative estimate of drug-likeness (QED) is 0.727. The Morgan fingerprint density at radius 3 is 2.83 bits per heavy atom. The Bertz CT molecular complexity index is 982. The molecule has 1 aliphatic heterocycles. The van der Waals surface area contributed by atoms with Gasteiger partial charge in [0, 0.05) is 18.4 Å². The van der Waals surface area contributed by atoms with Gasteiger partial charge < -0.3 is 16.0 Å². The summed E-state index contributed by atoms with van der Waals surface area (Å²) in [7, 11) is 0. The fourth-order valence-corrected chi connectivity index (χ4v) is 4.45. The standard InChI is InChI=1S/C21H24ClFN6O/c22-17-4-3-15(9-18(17)23)26-21-16(20(25)30)12-29(27-21)19-5-2-13(8-14(19)10-24)11-28-6-1-7-28/h3-4,9,12-14,19H,1-2,5-8,11H2,(H2,25,30)(H,26,27)/t13-,14-,19+/m1/s1. The number of benzene rings is 1. The minimum atomic E-state index is -0.641. The van der Waals surface area contributed by atoms with E-state index in [1.807, 2.05) is 0 Å². The number of carbonyl (C=O) groups is 1. The highest BCUT2D eigenvalue weighted by Crippen LogP contribution is 2.38. The molecule has 1 amide bonds. The molecule has 0 unspecified atom stereocenters. The number of rotatable bonds is 6. The van der Waals surface area contributed by atoms with Crippen molar-refractivity contribution in [2.45, 2.75) is 31.7 Å². The van der Waals surface area contributed by atoms with Gasteiger partial charge in [0.05, 0.1) is 23.1 Å². The van der Waals surface area contributed by atoms with Gasteiger partial charge in [-0.25, -0.2) is 4.39 Å². The Kier molecular flexibility index (Phi) is 5.93. The summed E-state index contributed by atoms with van der Waals surface area (Å²) < 4.78 is 15.4. The predicted octanol–water partition coefficient (Wildman–Crippen LogP) is 3.70. The Hall–Kier alpha value is -2.63. The third-order valence-electron chi connectivity index (χ3n) is 6.07. The van der Waals surface area contributed by atoms with Crippen LogP contribution in [0.1, 0.15) is 42.1 Å². The molecule has 3 atom stereocenters. The smallest absolute Gasteiger partial charge is 0.254 e. The minimum absolute atomic E-state index is 0.00746. The van der Waals surface area contributed by atoms with E-state index < -0.39 is 11.7 Å². The van der Waals surface area contributed by atoms with Crippen LogP contribution in [-0.4, -0.2) is 40.2 Å². The van der Waals surface area contributed by atoms with E-state index in [9.17, 15) is 14.4 Å². The number of nitrogens with zero attached hydrogens (tertiary/aromatic N) is 4. The first-order valence-electron chi connectivity index (χ1n) is 10.2. The second kappa shape index (κ2) is 8.62. The highest BCUT2D eigenvalue weighted by molar-refractivity contribution is 6.30. The molecule has 1 aromatic carbocycles. The van der Waals surface area contributed by atoms with E-state index in [-0.39, 0.29) is 28.4 Å². The van der Waals surface area contributed by atoms with Crippen LogP contribution in [0.2, 0.25) is 5.02 Å². The first-order chi connectivity index (χ1) is 14.4. The summed E-state index contributed by atoms with van der Waals surface area (Å²) in [5.74, 6) is -0.660. The second-order valence-corrected chi connectivity index (χ2v) is 8.53. The van der Waals surface area contributed by atoms with Crippen LogP contribution in [0.15, 0.2) is 24.4 Å². The summed E-state index contributed by atoms with van der Waals surface area (Å²) in [6.45, 7) is 3.35. The van der Waals surface area contributed by atoms with Crippen molar-refractivity contribution in [2.24, 2.45) is 17.6 Å². The highest BCUT2D eigenvalue weighted by atomic mass is 35.5. The van der Waals surface area contributed by atoms with Crippen molar-refractivity contribution in [3.8, 4) is 6.07 Å². The Morgan fingerprint density at radius 2 is 2.20 bits per heavy atom. The molecule has 4 rings (SSSR count). The molecule has 2 fully saturated rings. The zero-order valence-electron chi connectivity index (χ0n) is 16.5. The van der Waals surface area contributed by atoms with Crippen LogP contribution >= 0.6 is 11.6 Å². The van der Waals surface area contributed by atoms with Crippen LogP contribution in [0.25, 0.3) is 0 Å². The lowest BCUT2D eigenvalue weighted by molar-refractivity contribution is 0.1000. The van der Waals surface area contributed by atoms with Gasteiger partial charge in [0.2, 0.25) is 0 Å². The first-order valence-corrected chi connectivity index (χ1v) is 10.6. The summed E-state index contributed by atoms with van der Waals surface area (Å²) in [6.07, 6.45) is 5.48. The van der Waals surface area contributed by atoms with Gasteiger partial charge in [0.25, 0.3) is 5.91 Å². The van der Waals surface area contributed by atoms with Crippen molar-refractivity contribution < 1.29 is 9.18 Å². The lowest BCUT2D eigenvalue weighted by atomic mass is 9.78. The van der Waals surface area contributed by atoms with E-state index in [0.717, 1.165) is 38.9 Å². The average Bonchev–Trinajstić information content (AvgIpc) is 3.11. The number of aromatic nitrogens is 2. The molecule has 1 saturated carbocycles. The largest absolute Gasteiger partial charge is 0.365 e. The number of halogens is 2. The van der Waals surface area contributed by atoms with Crippen molar-refractivity contribution in [1.29, 1.82) is 5.26 Å². The van der Waals surface area contributed by atoms with Gasteiger partial charge in [0.1, 0.15) is 11.4 Å². The lowest BCUT2D eigenvalue weighted by Crippen LogP contribution is -2.42. The topological polar surface area (TPSA) is 100.0 Å². The number of nitrogens with two attached hydrogens (primary N) is 1. The molecule has 2 aromatic rings. The minimum Gasteiger partial charge on any atom is -0.365 e. The molecule has 30 heavy (non-hydrogen) atoms. The fourth-order valence-electron chi connectivity index (χ4n) is 4.34. The second-order valence-electron chi connectivity index (χ2n) is 8.13. The number of anilines is 2. The van der Waals surface area contributed by atoms with E-state index in [1.165, 1.54) is 18.6 Å². The summed E-state index contributed by atoms with van der Waals surface area (Å²) in [4.78, 5) is 14.4. The van der Waals surface area contributed by atoms with Crippen LogP contribution in [0.5, 0.6) is 0 Å². The van der Waals surface area contributed by atoms with Crippen molar-refractivity contribution in [1.82, 2.24) is 14.7 Å². The van der Waals surface area contributed by atoms with Gasteiger partial charge in [0.15, 0.2) is 5.82 Å². The van der Waals surface area contributed by atoms with Crippen LogP contribution in [0.4, 0.5) is 15.9 Å². The van der Waals surface area contributed by atoms with Crippen LogP contribution < -0.4 is 11.1 Å². The molecule has 2 aliphatic rings. The maximum atomic E-state index is 13.8. The number of hydrogen-bond acceptors (Lipinski definition) is 5. The van der Waals surface area contributed by atoms with Gasteiger partial charge in [-0.05, 0) is 62.9 Å². The number of hydrogen-bond donors (Lipinski definition) is 2. The van der Waals surface area contributed by atoms with Crippen LogP contribution in [0, 0.1) is 29.0 Å². The number of amides is 1. The van der Waals surface area contributed by atoms with E-state index in [0.29, 0.717) is 11.6 Å². The van der Waals surface area contributed by atoms with E-state index in [2.05, 4.69) is 21.4 Å². The van der Waals surface area contributed by atoms with E-state index in [1.54, 1.807) is 16.9 Å². The summed E-state index contributed by atoms with van der Waals surface area (Å²) in [5.41, 5.74) is 6.13. The third kappa shape index (κ3) is 4.27. The molecule has 158 valence electrons. The Labute approximate surface area is 179 Å². The molecule has 2 heterocycles. The van der Waals surface area contributed by atoms with Gasteiger partial charge >= 0.3 is 0 Å². The average molecular weight is 431 g/mol. The fraction of sp³-hybridized carbons (Fsp3) is 0.476. The predicted molar refractivity (Wildman–Crippen MR) is 112 cm³/mol. The zero-order chi connectivity index (χ0) is 21.3. The molecule has 7 nitrogen and oxygen atoms in total. The molecule has 0 radical (unpaired) electrons. The summed E-state index contributed by atoms with van der Waals surface area (Å²) in [5, 5.41) is 17.2. The Balaban J connectivity index is 1.53. The summed E-state index contributed by atoms with van der Waals surface area (Å²) in [6, 6.07) is 6.55. The number of likely N-dealkylation sites (tertiary alicyclic amines) is 1. The molecule has 9 heteroatoms. The number of nitrogens with one attached hydrogen (secondary N) is 1. The van der Waals surface area contributed by atoms with Crippen molar-refractivity contribution in [2.75, 3.05) is 25.0 Å². The zero-order valence-corrected chi connectivity index (χ0v) is 17.3. The molecule has 1 aromatic heterocycles. The van der Waals surface area contributed by atoms with Gasteiger partial charge in [-0.1, -0.05) is 11.6 Å². The SMILES string of the molecule is N#C[C@H]1C[C@H](CN2CCC2)CC[C@@H]1n1cc(C(N)=O)c(Nc2ccc(Cl)c(F)c2)n1. The van der Waals surface area contributed by atoms with Crippen molar-refractivity contribution >= 4 is 29.0 Å². The molecular formula is C21H24ClFN6O. The van der Waals surface area contributed by atoms with E-state index >= 15 is 0 Å². The lowest BCUT2D eigenvalue weighted by Gasteiger charge is -2.38. The molecule has 0 spiro atoms. The maximum Gasteiger partial charge on any atom is 0.254 e.